The van der Waals surface area contributed by atoms with Crippen LogP contribution in [0.3, 0.4) is 0 Å². The number of azide groups is 1. The fraction of sp³-hybridized carbons (Fsp3) is 0.538. The molecule has 1 fully saturated rings. The number of likely N-dealkylation sites (tertiary alicyclic amines) is 1. The van der Waals surface area contributed by atoms with Crippen LogP contribution in [0.5, 0.6) is 0 Å². The number of rotatable bonds is 36. The lowest BCUT2D eigenvalue weighted by molar-refractivity contribution is -0.134. The smallest absolute Gasteiger partial charge is 0.335 e. The predicted octanol–water partition coefficient (Wildman–Crippen LogP) is 9.32. The molecule has 4 aromatic carbocycles. The van der Waals surface area contributed by atoms with Gasteiger partial charge in [-0.2, -0.15) is 8.42 Å². The molecule has 8 rings (SSSR count). The number of carbonyl (C=O) groups excluding carboxylic acids is 6. The Balaban J connectivity index is 0.00000403. The second-order valence-corrected chi connectivity index (χ2v) is 23.3. The van der Waals surface area contributed by atoms with Gasteiger partial charge in [0.2, 0.25) is 29.5 Å². The summed E-state index contributed by atoms with van der Waals surface area (Å²) in [4.78, 5) is 90.1. The Hall–Kier alpha value is -7.40. The van der Waals surface area contributed by atoms with Gasteiger partial charge in [-0.3, -0.25) is 28.8 Å². The average Bonchev–Trinajstić information content (AvgIpc) is 1.04. The molecule has 1 heterocycles. The number of unbranched alkanes of at least 4 members (excludes halogenated alkanes) is 12. The molecule has 0 saturated carbocycles. The number of hydrogen-bond acceptors (Lipinski definition) is 13. The third-order valence-corrected chi connectivity index (χ3v) is 16.9. The molecule has 1 saturated heterocycles. The summed E-state index contributed by atoms with van der Waals surface area (Å²) in [5.41, 5.74) is 33.3. The number of nitrogens with two attached hydrogens (primary N) is 3. The molecule has 0 spiro atoms. The summed E-state index contributed by atoms with van der Waals surface area (Å²) in [6, 6.07) is 21.8. The molecule has 4 aliphatic rings. The van der Waals surface area contributed by atoms with Crippen molar-refractivity contribution in [1.29, 1.82) is 0 Å². The number of anilines is 3. The number of ether oxygens (including phenoxy) is 1. The summed E-state index contributed by atoms with van der Waals surface area (Å²) in [5, 5.41) is 13.4. The summed E-state index contributed by atoms with van der Waals surface area (Å²) in [5.74, 6) is -1.97. The van der Waals surface area contributed by atoms with Gasteiger partial charge in [-0.25, -0.2) is 4.39 Å². The lowest BCUT2D eigenvalue weighted by atomic mass is 9.51. The summed E-state index contributed by atoms with van der Waals surface area (Å²) in [6.45, 7) is 2.70. The number of halogens is 1. The summed E-state index contributed by atoms with van der Waals surface area (Å²) < 4.78 is 36.3. The van der Waals surface area contributed by atoms with E-state index in [1.165, 1.54) is 34.1 Å². The second kappa shape index (κ2) is 36.2. The molecule has 0 radical (unpaired) electrons. The standard InChI is InChI=1S/C65H89FN12O7.O2S/c1-76(36-38-85-39-37-77(2)64(84)57-43-50(74-75-70)44-78(57)63(83)45-21-23-46(66)24-22-45)61(82)31-32-65-54-40-47(71-58(79)18-12-6-3-9-15-33-67)25-28-51(54)62(52-29-26-48(41-55(52)65)72-59(80)19-13-7-4-10-16-34-68)53-30-27-49(42-56(53)65)73-60(81)20-14-8-5-11-17-35-69;1-3-2/h21-30,40-42,50,57,62H,3-20,31-39,43-44,67-69H2,1-2H3,(H,71,79)(H,72,80)(H,73,81);/t50-,57?,62?,65?;/m0./s1. The topological polar surface area (TPSA) is 318 Å². The van der Waals surface area contributed by atoms with E-state index in [0.717, 1.165) is 130 Å². The highest BCUT2D eigenvalue weighted by Gasteiger charge is 2.52. The molecular weight excluding hydrogens is 1140 g/mol. The minimum Gasteiger partial charge on any atom is -0.378 e. The fourth-order valence-electron chi connectivity index (χ4n) is 12.3. The van der Waals surface area contributed by atoms with Crippen LogP contribution in [0.15, 0.2) is 84.0 Å². The van der Waals surface area contributed by atoms with Crippen LogP contribution in [-0.4, -0.2) is 137 Å². The molecule has 4 aromatic rings. The predicted molar refractivity (Wildman–Crippen MR) is 339 cm³/mol. The molecule has 0 aromatic heterocycles. The van der Waals surface area contributed by atoms with E-state index < -0.39 is 40.8 Å². The van der Waals surface area contributed by atoms with Gasteiger partial charge in [0.1, 0.15) is 11.9 Å². The quantitative estimate of drug-likeness (QED) is 0.0107. The number of hydrogen-bond donors (Lipinski definition) is 6. The van der Waals surface area contributed by atoms with Crippen molar-refractivity contribution in [3.8, 4) is 0 Å². The van der Waals surface area contributed by atoms with E-state index in [9.17, 15) is 33.2 Å². The highest BCUT2D eigenvalue weighted by atomic mass is 32.1. The molecule has 6 amide bonds. The Labute approximate surface area is 520 Å². The molecule has 1 unspecified atom stereocenters. The van der Waals surface area contributed by atoms with Gasteiger partial charge < -0.3 is 52.6 Å². The Kier molecular flexibility index (Phi) is 28.6. The monoisotopic (exact) mass is 1230 g/mol. The third kappa shape index (κ3) is 19.3. The van der Waals surface area contributed by atoms with Gasteiger partial charge in [0.05, 0.1) is 19.3 Å². The largest absolute Gasteiger partial charge is 0.378 e. The molecule has 2 atom stereocenters. The third-order valence-electron chi connectivity index (χ3n) is 16.9. The maximum absolute atomic E-state index is 14.6. The number of nitrogens with zero attached hydrogens (tertiary/aromatic N) is 6. The summed E-state index contributed by atoms with van der Waals surface area (Å²) in [7, 11) is 3.33. The van der Waals surface area contributed by atoms with Crippen LogP contribution in [-0.2, 0) is 45.7 Å². The molecule has 3 aliphatic carbocycles. The molecule has 23 heteroatoms. The number of benzene rings is 4. The van der Waals surface area contributed by atoms with Crippen LogP contribution in [0.2, 0.25) is 0 Å². The first-order chi connectivity index (χ1) is 42.6. The highest BCUT2D eigenvalue weighted by Crippen LogP contribution is 2.62. The van der Waals surface area contributed by atoms with Gasteiger partial charge in [-0.1, -0.05) is 81.1 Å². The number of carbonyl (C=O) groups is 6. The summed E-state index contributed by atoms with van der Waals surface area (Å²) >= 11 is -0.750. The first kappa shape index (κ1) is 69.7. The van der Waals surface area contributed by atoms with Crippen molar-refractivity contribution in [2.75, 3.05) is 82.5 Å². The normalized spacial score (nSPS) is 16.6. The molecule has 9 N–H and O–H groups in total. The minimum absolute atomic E-state index is 0.0384. The Morgan fingerprint density at radius 3 is 1.45 bits per heavy atom. The highest BCUT2D eigenvalue weighted by molar-refractivity contribution is 7.51. The average molecular weight is 1230 g/mol. The van der Waals surface area contributed by atoms with Crippen molar-refractivity contribution < 1.29 is 46.3 Å². The van der Waals surface area contributed by atoms with E-state index in [1.807, 2.05) is 18.2 Å². The second-order valence-electron chi connectivity index (χ2n) is 23.1. The molecule has 88 heavy (non-hydrogen) atoms. The van der Waals surface area contributed by atoms with Gasteiger partial charge in [0.15, 0.2) is 0 Å². The lowest BCUT2D eigenvalue weighted by Crippen LogP contribution is -2.47. The first-order valence-electron chi connectivity index (χ1n) is 31.2. The van der Waals surface area contributed by atoms with Crippen LogP contribution in [0.25, 0.3) is 10.4 Å². The van der Waals surface area contributed by atoms with Crippen LogP contribution in [0, 0.1) is 5.82 Å². The van der Waals surface area contributed by atoms with Crippen molar-refractivity contribution in [2.45, 2.75) is 158 Å². The van der Waals surface area contributed by atoms with Gasteiger partial charge in [0, 0.05) is 98.3 Å². The van der Waals surface area contributed by atoms with E-state index >= 15 is 0 Å². The Morgan fingerprint density at radius 2 is 1.03 bits per heavy atom. The van der Waals surface area contributed by atoms with Crippen molar-refractivity contribution in [3.63, 3.8) is 0 Å². The maximum atomic E-state index is 14.6. The first-order valence-corrected chi connectivity index (χ1v) is 31.8. The van der Waals surface area contributed by atoms with Gasteiger partial charge in [0.25, 0.3) is 5.91 Å². The SMILES string of the molecule is CN(CCOCCN(C)C(=O)C1C[C@H](N=[N+]=[N-])CN1C(=O)c1ccc(F)cc1)C(=O)CCC12c3cc(NC(=O)CCCCCCCN)ccc3C(c3ccc(NC(=O)CCCCCCCN)cc31)c1ccc(NC(=O)CCCCCCCN)cc12.O=S=O. The zero-order valence-corrected chi connectivity index (χ0v) is 51.9. The minimum atomic E-state index is -0.991. The molecule has 1 aliphatic heterocycles. The van der Waals surface area contributed by atoms with E-state index in [-0.39, 0.29) is 86.7 Å². The van der Waals surface area contributed by atoms with Crippen molar-refractivity contribution in [1.82, 2.24) is 14.7 Å². The van der Waals surface area contributed by atoms with Crippen molar-refractivity contribution >= 4 is 64.1 Å². The molecule has 21 nitrogen and oxygen atoms in total. The van der Waals surface area contributed by atoms with Gasteiger partial charge >= 0.3 is 11.6 Å². The van der Waals surface area contributed by atoms with E-state index in [1.54, 1.807) is 19.0 Å². The summed E-state index contributed by atoms with van der Waals surface area (Å²) in [6.07, 6.45) is 15.7. The Morgan fingerprint density at radius 1 is 0.625 bits per heavy atom. The van der Waals surface area contributed by atoms with E-state index in [2.05, 4.69) is 62.4 Å². The van der Waals surface area contributed by atoms with Crippen LogP contribution in [0.4, 0.5) is 21.5 Å². The van der Waals surface area contributed by atoms with E-state index in [0.29, 0.717) is 62.4 Å². The van der Waals surface area contributed by atoms with Crippen LogP contribution < -0.4 is 33.2 Å². The van der Waals surface area contributed by atoms with E-state index in [4.69, 9.17) is 35.9 Å². The van der Waals surface area contributed by atoms with Gasteiger partial charge in [-0.15, -0.1) is 0 Å². The number of nitrogens with one attached hydrogen (secondary N) is 3. The zero-order chi connectivity index (χ0) is 63.4. The number of likely N-dealkylation sites (N-methyl/N-ethyl adjacent to an activating group) is 2. The Bertz CT molecular complexity index is 2890. The lowest BCUT2D eigenvalue weighted by Gasteiger charge is -2.51. The van der Waals surface area contributed by atoms with Gasteiger partial charge in [-0.05, 0) is 171 Å². The molecule has 2 bridgehead atoms. The van der Waals surface area contributed by atoms with Crippen LogP contribution >= 0.6 is 0 Å². The molecule has 476 valence electrons. The fourth-order valence-corrected chi connectivity index (χ4v) is 12.3. The van der Waals surface area contributed by atoms with Crippen LogP contribution in [0.1, 0.15) is 184 Å². The van der Waals surface area contributed by atoms with Crippen molar-refractivity contribution in [2.24, 2.45) is 22.3 Å². The number of amides is 6. The zero-order valence-electron chi connectivity index (χ0n) is 51.1. The maximum Gasteiger partial charge on any atom is 0.335 e. The molecular formula is C65H89FN12O9S. The van der Waals surface area contributed by atoms with Crippen molar-refractivity contribution in [3.05, 3.63) is 134 Å².